The Morgan fingerprint density at radius 3 is 2.33 bits per heavy atom. The van der Waals surface area contributed by atoms with E-state index >= 15 is 0 Å². The molecule has 0 radical (unpaired) electrons. The molecule has 0 aliphatic carbocycles. The third-order valence-corrected chi connectivity index (χ3v) is 4.68. The fraction of sp³-hybridized carbons (Fsp3) is 0.250. The van der Waals surface area contributed by atoms with Crippen LogP contribution in [0.2, 0.25) is 15.1 Å². The SMILES string of the molecule is CN(Cc1ccccc1Cl)C(CN)c1cccc(Cl)c1Cl. The maximum Gasteiger partial charge on any atom is 0.0640 e. The Kier molecular flexibility index (Phi) is 5.91. The molecule has 0 aromatic heterocycles. The highest BCUT2D eigenvalue weighted by Crippen LogP contribution is 2.32. The van der Waals surface area contributed by atoms with Gasteiger partial charge in [-0.1, -0.05) is 65.1 Å². The summed E-state index contributed by atoms with van der Waals surface area (Å²) in [5.41, 5.74) is 7.93. The van der Waals surface area contributed by atoms with Crippen LogP contribution in [0.3, 0.4) is 0 Å². The predicted molar refractivity (Wildman–Crippen MR) is 91.2 cm³/mol. The first-order valence-corrected chi connectivity index (χ1v) is 7.75. The summed E-state index contributed by atoms with van der Waals surface area (Å²) in [5.74, 6) is 0. The standard InChI is InChI=1S/C16H17Cl3N2/c1-21(10-11-5-2-3-7-13(11)17)15(9-20)12-6-4-8-14(18)16(12)19/h2-8,15H,9-10,20H2,1H3. The molecule has 2 nitrogen and oxygen atoms in total. The molecule has 0 aliphatic rings. The molecule has 2 aromatic rings. The van der Waals surface area contributed by atoms with Crippen molar-refractivity contribution in [1.29, 1.82) is 0 Å². The van der Waals surface area contributed by atoms with Gasteiger partial charge in [-0.2, -0.15) is 0 Å². The van der Waals surface area contributed by atoms with Crippen LogP contribution in [0.15, 0.2) is 42.5 Å². The Hall–Kier alpha value is -0.770. The van der Waals surface area contributed by atoms with E-state index in [1.807, 2.05) is 43.4 Å². The highest BCUT2D eigenvalue weighted by Gasteiger charge is 2.20. The normalized spacial score (nSPS) is 12.7. The molecular weight excluding hydrogens is 327 g/mol. The molecule has 112 valence electrons. The minimum Gasteiger partial charge on any atom is -0.329 e. The number of hydrogen-bond acceptors (Lipinski definition) is 2. The highest BCUT2D eigenvalue weighted by atomic mass is 35.5. The van der Waals surface area contributed by atoms with E-state index in [0.717, 1.165) is 16.1 Å². The Balaban J connectivity index is 2.25. The van der Waals surface area contributed by atoms with Gasteiger partial charge < -0.3 is 5.73 Å². The summed E-state index contributed by atoms with van der Waals surface area (Å²) in [6.45, 7) is 1.13. The van der Waals surface area contributed by atoms with Crippen molar-refractivity contribution < 1.29 is 0 Å². The molecule has 0 spiro atoms. The molecule has 2 rings (SSSR count). The summed E-state index contributed by atoms with van der Waals surface area (Å²) in [5, 5.41) is 1.84. The van der Waals surface area contributed by atoms with Gasteiger partial charge >= 0.3 is 0 Å². The average molecular weight is 344 g/mol. The molecule has 2 aromatic carbocycles. The van der Waals surface area contributed by atoms with Crippen molar-refractivity contribution in [1.82, 2.24) is 4.90 Å². The second-order valence-electron chi connectivity index (χ2n) is 4.90. The number of nitrogens with zero attached hydrogens (tertiary/aromatic N) is 1. The number of likely N-dealkylation sites (N-methyl/N-ethyl adjacent to an activating group) is 1. The van der Waals surface area contributed by atoms with Gasteiger partial charge in [0.05, 0.1) is 10.0 Å². The third-order valence-electron chi connectivity index (χ3n) is 3.47. The summed E-state index contributed by atoms with van der Waals surface area (Å²) < 4.78 is 0. The van der Waals surface area contributed by atoms with Gasteiger partial charge in [-0.15, -0.1) is 0 Å². The predicted octanol–water partition coefficient (Wildman–Crippen LogP) is 4.78. The first kappa shape index (κ1) is 16.6. The van der Waals surface area contributed by atoms with Gasteiger partial charge in [-0.05, 0) is 30.3 Å². The van der Waals surface area contributed by atoms with Gasteiger partial charge in [0, 0.05) is 24.2 Å². The van der Waals surface area contributed by atoms with E-state index in [1.165, 1.54) is 0 Å². The molecule has 0 heterocycles. The quantitative estimate of drug-likeness (QED) is 0.846. The van der Waals surface area contributed by atoms with E-state index in [1.54, 1.807) is 6.07 Å². The average Bonchev–Trinajstić information content (AvgIpc) is 2.47. The largest absolute Gasteiger partial charge is 0.329 e. The fourth-order valence-corrected chi connectivity index (χ4v) is 2.96. The first-order valence-electron chi connectivity index (χ1n) is 6.62. The lowest BCUT2D eigenvalue weighted by Gasteiger charge is -2.28. The smallest absolute Gasteiger partial charge is 0.0640 e. The van der Waals surface area contributed by atoms with Gasteiger partial charge in [0.25, 0.3) is 0 Å². The summed E-state index contributed by atoms with van der Waals surface area (Å²) >= 11 is 18.6. The minimum absolute atomic E-state index is 0.0209. The summed E-state index contributed by atoms with van der Waals surface area (Å²) in [6, 6.07) is 13.4. The lowest BCUT2D eigenvalue weighted by atomic mass is 10.0. The van der Waals surface area contributed by atoms with Gasteiger partial charge in [0.2, 0.25) is 0 Å². The van der Waals surface area contributed by atoms with Crippen LogP contribution in [0.5, 0.6) is 0 Å². The molecule has 2 N–H and O–H groups in total. The van der Waals surface area contributed by atoms with Crippen LogP contribution in [0.1, 0.15) is 17.2 Å². The molecule has 0 saturated heterocycles. The van der Waals surface area contributed by atoms with Crippen molar-refractivity contribution in [2.75, 3.05) is 13.6 Å². The second-order valence-corrected chi connectivity index (χ2v) is 6.09. The van der Waals surface area contributed by atoms with Gasteiger partial charge in [0.15, 0.2) is 0 Å². The van der Waals surface area contributed by atoms with Crippen LogP contribution < -0.4 is 5.73 Å². The Bertz CT molecular complexity index is 616. The van der Waals surface area contributed by atoms with Crippen molar-refractivity contribution in [3.8, 4) is 0 Å². The van der Waals surface area contributed by atoms with Crippen LogP contribution in [0.25, 0.3) is 0 Å². The van der Waals surface area contributed by atoms with Crippen molar-refractivity contribution in [3.05, 3.63) is 68.7 Å². The third kappa shape index (κ3) is 3.91. The Morgan fingerprint density at radius 2 is 1.67 bits per heavy atom. The molecule has 1 atom stereocenters. The Morgan fingerprint density at radius 1 is 1.00 bits per heavy atom. The lowest BCUT2D eigenvalue weighted by molar-refractivity contribution is 0.242. The van der Waals surface area contributed by atoms with E-state index in [-0.39, 0.29) is 6.04 Å². The topological polar surface area (TPSA) is 29.3 Å². The molecule has 5 heteroatoms. The first-order chi connectivity index (χ1) is 10.0. The zero-order chi connectivity index (χ0) is 15.4. The van der Waals surface area contributed by atoms with Crippen molar-refractivity contribution in [3.63, 3.8) is 0 Å². The maximum absolute atomic E-state index is 6.30. The van der Waals surface area contributed by atoms with Gasteiger partial charge in [-0.3, -0.25) is 4.90 Å². The van der Waals surface area contributed by atoms with E-state index in [9.17, 15) is 0 Å². The molecule has 1 unspecified atom stereocenters. The number of rotatable bonds is 5. The van der Waals surface area contributed by atoms with Crippen LogP contribution in [-0.2, 0) is 6.54 Å². The minimum atomic E-state index is -0.0209. The van der Waals surface area contributed by atoms with Crippen LogP contribution >= 0.6 is 34.8 Å². The highest BCUT2D eigenvalue weighted by molar-refractivity contribution is 6.42. The molecule has 0 aliphatic heterocycles. The zero-order valence-corrected chi connectivity index (χ0v) is 14.0. The maximum atomic E-state index is 6.30. The molecule has 0 bridgehead atoms. The molecule has 0 saturated carbocycles. The van der Waals surface area contributed by atoms with Crippen LogP contribution in [0.4, 0.5) is 0 Å². The molecule has 0 amide bonds. The van der Waals surface area contributed by atoms with Gasteiger partial charge in [-0.25, -0.2) is 0 Å². The lowest BCUT2D eigenvalue weighted by Crippen LogP contribution is -2.30. The fourth-order valence-electron chi connectivity index (χ4n) is 2.33. The van der Waals surface area contributed by atoms with Crippen LogP contribution in [-0.4, -0.2) is 18.5 Å². The monoisotopic (exact) mass is 342 g/mol. The zero-order valence-electron chi connectivity index (χ0n) is 11.7. The molecular formula is C16H17Cl3N2. The van der Waals surface area contributed by atoms with Crippen molar-refractivity contribution in [2.24, 2.45) is 5.73 Å². The Labute approximate surface area is 140 Å². The van der Waals surface area contributed by atoms with E-state index in [0.29, 0.717) is 23.1 Å². The van der Waals surface area contributed by atoms with E-state index in [2.05, 4.69) is 4.90 Å². The van der Waals surface area contributed by atoms with Crippen molar-refractivity contribution in [2.45, 2.75) is 12.6 Å². The summed E-state index contributed by atoms with van der Waals surface area (Å²) in [4.78, 5) is 2.12. The van der Waals surface area contributed by atoms with E-state index in [4.69, 9.17) is 40.5 Å². The number of benzene rings is 2. The van der Waals surface area contributed by atoms with Crippen LogP contribution in [0, 0.1) is 0 Å². The van der Waals surface area contributed by atoms with Crippen molar-refractivity contribution >= 4 is 34.8 Å². The molecule has 21 heavy (non-hydrogen) atoms. The van der Waals surface area contributed by atoms with E-state index < -0.39 is 0 Å². The number of nitrogens with two attached hydrogens (primary N) is 1. The molecule has 0 fully saturated rings. The second kappa shape index (κ2) is 7.48. The summed E-state index contributed by atoms with van der Waals surface area (Å²) in [7, 11) is 2.00. The summed E-state index contributed by atoms with van der Waals surface area (Å²) in [6.07, 6.45) is 0. The number of halogens is 3. The number of hydrogen-bond donors (Lipinski definition) is 1. The van der Waals surface area contributed by atoms with Gasteiger partial charge in [0.1, 0.15) is 0 Å².